The van der Waals surface area contributed by atoms with Gasteiger partial charge in [0, 0.05) is 47.3 Å². The minimum absolute atomic E-state index is 0.0683. The lowest BCUT2D eigenvalue weighted by Crippen LogP contribution is -2.82. The average Bonchev–Trinajstić information content (AvgIpc) is 4.07. The Kier molecular flexibility index (Phi) is 9.99. The van der Waals surface area contributed by atoms with Gasteiger partial charge in [-0.2, -0.15) is 0 Å². The summed E-state index contributed by atoms with van der Waals surface area (Å²) in [7, 11) is 1.94. The Morgan fingerprint density at radius 3 is 2.50 bits per heavy atom. The summed E-state index contributed by atoms with van der Waals surface area (Å²) >= 11 is 0. The van der Waals surface area contributed by atoms with E-state index >= 15 is 0 Å². The van der Waals surface area contributed by atoms with Crippen LogP contribution in [0.15, 0.2) is 29.8 Å². The van der Waals surface area contributed by atoms with E-state index in [4.69, 9.17) is 4.74 Å². The molecular formula is C53H71NO8. The van der Waals surface area contributed by atoms with E-state index in [1.165, 1.54) is 25.7 Å². The van der Waals surface area contributed by atoms with Crippen LogP contribution < -0.4 is 5.32 Å². The van der Waals surface area contributed by atoms with Crippen molar-refractivity contribution >= 4 is 12.3 Å². The van der Waals surface area contributed by atoms with Crippen molar-refractivity contribution < 1.29 is 39.9 Å². The highest BCUT2D eigenvalue weighted by atomic mass is 16.5. The molecule has 1 heterocycles. The van der Waals surface area contributed by atoms with Gasteiger partial charge < -0.3 is 40.4 Å². The number of rotatable bonds is 5. The quantitative estimate of drug-likeness (QED) is 0.113. The summed E-state index contributed by atoms with van der Waals surface area (Å²) in [6, 6.07) is 5.78. The number of fused-ring (bicyclic) bond motifs is 6. The Balaban J connectivity index is 1.08. The van der Waals surface area contributed by atoms with Crippen molar-refractivity contribution in [3.63, 3.8) is 0 Å². The van der Waals surface area contributed by atoms with Crippen molar-refractivity contribution in [2.24, 2.45) is 69.5 Å². The number of hydrogen-bond donors (Lipinski definition) is 6. The molecule has 0 radical (unpaired) electrons. The molecule has 9 nitrogen and oxygen atoms in total. The molecule has 4 bridgehead atoms. The van der Waals surface area contributed by atoms with E-state index in [0.717, 1.165) is 60.7 Å². The molecule has 1 aromatic rings. The van der Waals surface area contributed by atoms with Gasteiger partial charge in [-0.25, -0.2) is 4.79 Å². The number of carbonyl (C=O) groups excluding carboxylic acids is 2. The first-order chi connectivity index (χ1) is 29.8. The number of carbonyl (C=O) groups is 2. The Morgan fingerprint density at radius 2 is 1.76 bits per heavy atom. The Labute approximate surface area is 368 Å². The third-order valence-corrected chi connectivity index (χ3v) is 21.4. The zero-order valence-corrected chi connectivity index (χ0v) is 37.1. The number of esters is 1. The number of ether oxygens (including phenoxy) is 1. The molecule has 11 aliphatic rings. The molecule has 16 atom stereocenters. The number of aldehydes is 1. The maximum Gasteiger partial charge on any atom is 0.331 e. The number of likely N-dealkylation sites (N-methyl/N-ethyl adjacent to an activating group) is 1. The van der Waals surface area contributed by atoms with Gasteiger partial charge in [-0.1, -0.05) is 69.4 Å². The van der Waals surface area contributed by atoms with E-state index in [1.54, 1.807) is 6.08 Å². The maximum atomic E-state index is 14.7. The smallest absolute Gasteiger partial charge is 0.331 e. The van der Waals surface area contributed by atoms with Gasteiger partial charge in [-0.3, -0.25) is 0 Å². The third-order valence-electron chi connectivity index (χ3n) is 21.4. The van der Waals surface area contributed by atoms with E-state index in [1.807, 2.05) is 25.2 Å². The van der Waals surface area contributed by atoms with Crippen molar-refractivity contribution in [1.82, 2.24) is 5.32 Å². The molecule has 62 heavy (non-hydrogen) atoms. The highest BCUT2D eigenvalue weighted by molar-refractivity contribution is 5.86. The molecule has 12 rings (SSSR count). The maximum absolute atomic E-state index is 14.7. The van der Waals surface area contributed by atoms with Crippen LogP contribution in [0.1, 0.15) is 146 Å². The lowest BCUT2D eigenvalue weighted by Gasteiger charge is -2.73. The SMILES string of the molecule is CNC1Cc2c(cccc2CO)C#CCCC23CCC4C(O)(CC5CC(C(C)C6CCCC6)CCC6C(O)C7(CCCC7)CC4(C=O)C56O)C2(O)CC2CC1C1OC(=O)C=C1C23. The van der Waals surface area contributed by atoms with Crippen LogP contribution in [0.25, 0.3) is 0 Å². The first-order valence-electron chi connectivity index (χ1n) is 24.9. The summed E-state index contributed by atoms with van der Waals surface area (Å²) in [6.45, 7) is 2.29. The van der Waals surface area contributed by atoms with E-state index in [9.17, 15) is 35.1 Å². The molecule has 9 heteroatoms. The van der Waals surface area contributed by atoms with Gasteiger partial charge in [0.1, 0.15) is 18.0 Å². The summed E-state index contributed by atoms with van der Waals surface area (Å²) in [5.74, 6) is 5.91. The zero-order valence-electron chi connectivity index (χ0n) is 37.1. The first kappa shape index (κ1) is 42.1. The van der Waals surface area contributed by atoms with Crippen molar-refractivity contribution in [2.75, 3.05) is 7.05 Å². The van der Waals surface area contributed by atoms with Crippen LogP contribution in [0, 0.1) is 81.3 Å². The van der Waals surface area contributed by atoms with Gasteiger partial charge in [0.2, 0.25) is 0 Å². The topological polar surface area (TPSA) is 157 Å². The summed E-state index contributed by atoms with van der Waals surface area (Å²) < 4.78 is 6.30. The van der Waals surface area contributed by atoms with Crippen LogP contribution in [0.5, 0.6) is 0 Å². The minimum Gasteiger partial charge on any atom is -0.454 e. The molecule has 336 valence electrons. The van der Waals surface area contributed by atoms with E-state index in [-0.39, 0.29) is 48.7 Å². The number of aliphatic hydroxyl groups excluding tert-OH is 2. The van der Waals surface area contributed by atoms with Crippen LogP contribution in [0.2, 0.25) is 0 Å². The summed E-state index contributed by atoms with van der Waals surface area (Å²) in [5.41, 5.74) is -3.91. The normalized spacial score (nSPS) is 48.0. The summed E-state index contributed by atoms with van der Waals surface area (Å²) in [4.78, 5) is 28.2. The van der Waals surface area contributed by atoms with Crippen molar-refractivity contribution in [3.05, 3.63) is 46.5 Å². The molecule has 8 saturated carbocycles. The minimum atomic E-state index is -1.71. The van der Waals surface area contributed by atoms with Crippen LogP contribution in [-0.4, -0.2) is 79.9 Å². The van der Waals surface area contributed by atoms with Crippen LogP contribution in [0.4, 0.5) is 0 Å². The highest BCUT2D eigenvalue weighted by Gasteiger charge is 2.84. The Hall–Kier alpha value is -2.58. The van der Waals surface area contributed by atoms with Crippen LogP contribution in [0.3, 0.4) is 0 Å². The van der Waals surface area contributed by atoms with E-state index in [2.05, 4.69) is 24.1 Å². The lowest BCUT2D eigenvalue weighted by molar-refractivity contribution is -0.354. The van der Waals surface area contributed by atoms with Gasteiger partial charge in [-0.05, 0) is 154 Å². The molecule has 0 aromatic heterocycles. The van der Waals surface area contributed by atoms with Crippen molar-refractivity contribution in [1.29, 1.82) is 0 Å². The molecule has 2 spiro atoms. The highest BCUT2D eigenvalue weighted by Crippen LogP contribution is 2.79. The Morgan fingerprint density at radius 1 is 0.968 bits per heavy atom. The fraction of sp³-hybridized carbons (Fsp3) is 0.774. The summed E-state index contributed by atoms with van der Waals surface area (Å²) in [5, 5.41) is 69.4. The number of nitrogens with one attached hydrogen (secondary N) is 1. The van der Waals surface area contributed by atoms with E-state index < -0.39 is 63.0 Å². The second kappa shape index (κ2) is 14.7. The average molecular weight is 850 g/mol. The number of aliphatic hydroxyl groups is 5. The van der Waals surface area contributed by atoms with Gasteiger partial charge in [0.05, 0.1) is 29.3 Å². The molecule has 6 N–H and O–H groups in total. The van der Waals surface area contributed by atoms with Gasteiger partial charge >= 0.3 is 5.97 Å². The number of hydrogen-bond acceptors (Lipinski definition) is 9. The largest absolute Gasteiger partial charge is 0.454 e. The fourth-order valence-electron chi connectivity index (χ4n) is 18.9. The summed E-state index contributed by atoms with van der Waals surface area (Å²) in [6.07, 6.45) is 16.4. The molecule has 1 aliphatic heterocycles. The predicted octanol–water partition coefficient (Wildman–Crippen LogP) is 6.33. The van der Waals surface area contributed by atoms with Crippen molar-refractivity contribution in [3.8, 4) is 11.8 Å². The fourth-order valence-corrected chi connectivity index (χ4v) is 18.9. The molecule has 10 aliphatic carbocycles. The predicted molar refractivity (Wildman–Crippen MR) is 233 cm³/mol. The van der Waals surface area contributed by atoms with Crippen LogP contribution in [-0.2, 0) is 27.4 Å². The standard InChI is InChI=1S/C53H71NO8/c1-31(32-10-3-4-11-32)34-15-16-41-47(58)48(18-7-8-19-48)29-50(30-56)43-17-21-49-20-6-5-12-33-13-9-14-35(28-55)38(33)24-42(54-2)39-23-36(45(49)40-25-44(57)62-46(39)40)26-52(49,60)51(43,59)27-37(22-34)53(41,50)61/h9,13-14,25,30-32,34,36-37,39,41-43,45-47,54-55,58-61H,3-4,6-8,10-11,15-24,26-29H2,1-2H3. The molecular weight excluding hydrogens is 779 g/mol. The zero-order chi connectivity index (χ0) is 43.0. The second-order valence-corrected chi connectivity index (χ2v) is 23.0. The van der Waals surface area contributed by atoms with Crippen LogP contribution >= 0.6 is 0 Å². The van der Waals surface area contributed by atoms with Gasteiger partial charge in [-0.15, -0.1) is 0 Å². The second-order valence-electron chi connectivity index (χ2n) is 23.0. The monoisotopic (exact) mass is 850 g/mol. The van der Waals surface area contributed by atoms with E-state index in [0.29, 0.717) is 76.0 Å². The molecule has 1 aromatic carbocycles. The lowest BCUT2D eigenvalue weighted by atomic mass is 9.33. The first-order valence-corrected chi connectivity index (χ1v) is 24.9. The molecule has 8 fully saturated rings. The Bertz CT molecular complexity index is 2080. The van der Waals surface area contributed by atoms with Crippen molar-refractivity contribution in [2.45, 2.75) is 177 Å². The molecule has 0 saturated heterocycles. The third kappa shape index (κ3) is 5.37. The molecule has 16 unspecified atom stereocenters. The number of benzene rings is 1. The van der Waals surface area contributed by atoms with Gasteiger partial charge in [0.25, 0.3) is 0 Å². The van der Waals surface area contributed by atoms with Gasteiger partial charge in [0.15, 0.2) is 0 Å². The molecule has 0 amide bonds.